The molecule has 0 aromatic heterocycles. The van der Waals surface area contributed by atoms with Gasteiger partial charge in [-0.15, -0.1) is 0 Å². The van der Waals surface area contributed by atoms with E-state index >= 15 is 0 Å². The zero-order chi connectivity index (χ0) is 12.3. The predicted octanol–water partition coefficient (Wildman–Crippen LogP) is 2.51. The van der Waals surface area contributed by atoms with Crippen LogP contribution in [0.25, 0.3) is 0 Å². The highest BCUT2D eigenvalue weighted by Gasteiger charge is 2.19. The van der Waals surface area contributed by atoms with Gasteiger partial charge in [0.25, 0.3) is 0 Å². The molecule has 0 unspecified atom stereocenters. The maximum atomic E-state index is 10.5. The molecular formula is C10H11Cl2NO3. The molecule has 0 spiro atoms. The van der Waals surface area contributed by atoms with Crippen molar-refractivity contribution in [1.29, 1.82) is 0 Å². The van der Waals surface area contributed by atoms with Crippen molar-refractivity contribution in [2.45, 2.75) is 19.1 Å². The Balaban J connectivity index is 2.83. The van der Waals surface area contributed by atoms with E-state index in [-0.39, 0.29) is 0 Å². The maximum Gasteiger partial charge on any atom is 0.404 e. The zero-order valence-electron chi connectivity index (χ0n) is 8.48. The Bertz CT molecular complexity index is 398. The predicted molar refractivity (Wildman–Crippen MR) is 61.6 cm³/mol. The molecule has 2 atom stereocenters. The minimum atomic E-state index is -0.998. The van der Waals surface area contributed by atoms with Gasteiger partial charge in [0, 0.05) is 0 Å². The summed E-state index contributed by atoms with van der Waals surface area (Å²) in [4.78, 5) is 10.5. The molecule has 1 amide bonds. The van der Waals surface area contributed by atoms with Gasteiger partial charge in [-0.3, -0.25) is 0 Å². The number of primary amides is 1. The van der Waals surface area contributed by atoms with Crippen LogP contribution in [0.4, 0.5) is 4.79 Å². The second-order valence-electron chi connectivity index (χ2n) is 3.26. The fourth-order valence-corrected chi connectivity index (χ4v) is 1.52. The summed E-state index contributed by atoms with van der Waals surface area (Å²) >= 11 is 11.5. The summed E-state index contributed by atoms with van der Waals surface area (Å²) in [5.74, 6) is 0. The fraction of sp³-hybridized carbons (Fsp3) is 0.300. The molecule has 0 aliphatic carbocycles. The van der Waals surface area contributed by atoms with E-state index in [0.29, 0.717) is 15.6 Å². The molecule has 4 nitrogen and oxygen atoms in total. The summed E-state index contributed by atoms with van der Waals surface area (Å²) in [6.07, 6.45) is -2.69. The Morgan fingerprint density at radius 1 is 1.44 bits per heavy atom. The lowest BCUT2D eigenvalue weighted by Gasteiger charge is -2.18. The average molecular weight is 264 g/mol. The summed E-state index contributed by atoms with van der Waals surface area (Å²) in [5, 5.41) is 10.5. The minimum absolute atomic E-state index is 0.324. The smallest absolute Gasteiger partial charge is 0.404 e. The SMILES string of the molecule is C[C@H](OC(N)=O)[C@@H](O)c1ccc(Cl)c(Cl)c1. The highest BCUT2D eigenvalue weighted by atomic mass is 35.5. The number of halogens is 2. The zero-order valence-corrected chi connectivity index (χ0v) is 10.00. The van der Waals surface area contributed by atoms with Crippen molar-refractivity contribution in [3.05, 3.63) is 33.8 Å². The van der Waals surface area contributed by atoms with Crippen LogP contribution in [0, 0.1) is 0 Å². The topological polar surface area (TPSA) is 72.5 Å². The lowest BCUT2D eigenvalue weighted by Crippen LogP contribution is -2.25. The van der Waals surface area contributed by atoms with Crippen molar-refractivity contribution < 1.29 is 14.6 Å². The highest BCUT2D eigenvalue weighted by molar-refractivity contribution is 6.42. The average Bonchev–Trinajstić information content (AvgIpc) is 2.20. The van der Waals surface area contributed by atoms with Gasteiger partial charge < -0.3 is 15.6 Å². The summed E-state index contributed by atoms with van der Waals surface area (Å²) in [6.45, 7) is 1.53. The summed E-state index contributed by atoms with van der Waals surface area (Å²) in [6, 6.07) is 4.66. The number of hydrogen-bond acceptors (Lipinski definition) is 3. The Kier molecular flexibility index (Phi) is 4.41. The van der Waals surface area contributed by atoms with Gasteiger partial charge in [-0.05, 0) is 24.6 Å². The number of hydrogen-bond donors (Lipinski definition) is 2. The first-order valence-electron chi connectivity index (χ1n) is 4.51. The third kappa shape index (κ3) is 3.27. The number of nitrogens with two attached hydrogens (primary N) is 1. The molecule has 88 valence electrons. The number of carbonyl (C=O) groups is 1. The molecule has 0 heterocycles. The van der Waals surface area contributed by atoms with Crippen LogP contribution < -0.4 is 5.73 Å². The first kappa shape index (κ1) is 13.1. The van der Waals surface area contributed by atoms with Crippen molar-refractivity contribution >= 4 is 29.3 Å². The normalized spacial score (nSPS) is 14.2. The van der Waals surface area contributed by atoms with Gasteiger partial charge in [-0.1, -0.05) is 29.3 Å². The molecule has 1 aromatic rings. The lowest BCUT2D eigenvalue weighted by molar-refractivity contribution is 0.0158. The van der Waals surface area contributed by atoms with E-state index in [1.807, 2.05) is 0 Å². The van der Waals surface area contributed by atoms with Crippen LogP contribution in [0.1, 0.15) is 18.6 Å². The second kappa shape index (κ2) is 5.39. The van der Waals surface area contributed by atoms with E-state index in [1.54, 1.807) is 12.1 Å². The van der Waals surface area contributed by atoms with E-state index in [9.17, 15) is 9.90 Å². The molecule has 0 radical (unpaired) electrons. The highest BCUT2D eigenvalue weighted by Crippen LogP contribution is 2.27. The molecule has 1 rings (SSSR count). The number of aliphatic hydroxyl groups is 1. The molecule has 0 fully saturated rings. The van der Waals surface area contributed by atoms with Gasteiger partial charge in [-0.2, -0.15) is 0 Å². The van der Waals surface area contributed by atoms with Crippen molar-refractivity contribution in [2.24, 2.45) is 5.73 Å². The Morgan fingerprint density at radius 2 is 2.06 bits per heavy atom. The molecule has 0 aliphatic heterocycles. The number of rotatable bonds is 3. The number of carbonyl (C=O) groups excluding carboxylic acids is 1. The van der Waals surface area contributed by atoms with Gasteiger partial charge in [0.05, 0.1) is 10.0 Å². The molecule has 0 aliphatic rings. The van der Waals surface area contributed by atoms with Gasteiger partial charge in [0.2, 0.25) is 0 Å². The Labute approximate surface area is 103 Å². The van der Waals surface area contributed by atoms with Gasteiger partial charge in [0.1, 0.15) is 12.2 Å². The quantitative estimate of drug-likeness (QED) is 0.880. The van der Waals surface area contributed by atoms with E-state index in [0.717, 1.165) is 0 Å². The van der Waals surface area contributed by atoms with Crippen LogP contribution in [-0.2, 0) is 4.74 Å². The monoisotopic (exact) mass is 263 g/mol. The first-order valence-corrected chi connectivity index (χ1v) is 5.26. The van der Waals surface area contributed by atoms with Gasteiger partial charge in [0.15, 0.2) is 0 Å². The standard InChI is InChI=1S/C10H11Cl2NO3/c1-5(16-10(13)15)9(14)6-2-3-7(11)8(12)4-6/h2-5,9,14H,1H3,(H2,13,15)/t5-,9+/m0/s1. The first-order chi connectivity index (χ1) is 7.41. The Morgan fingerprint density at radius 3 is 2.56 bits per heavy atom. The van der Waals surface area contributed by atoms with Crippen molar-refractivity contribution in [2.75, 3.05) is 0 Å². The molecule has 3 N–H and O–H groups in total. The van der Waals surface area contributed by atoms with E-state index < -0.39 is 18.3 Å². The molecule has 1 aromatic carbocycles. The number of amides is 1. The van der Waals surface area contributed by atoms with E-state index in [1.165, 1.54) is 13.0 Å². The summed E-state index contributed by atoms with van der Waals surface area (Å²) < 4.78 is 4.65. The number of aliphatic hydroxyl groups excluding tert-OH is 1. The van der Waals surface area contributed by atoms with Crippen LogP contribution in [0.5, 0.6) is 0 Å². The third-order valence-electron chi connectivity index (χ3n) is 2.03. The fourth-order valence-electron chi connectivity index (χ4n) is 1.22. The Hall–Kier alpha value is -0.970. The second-order valence-corrected chi connectivity index (χ2v) is 4.07. The third-order valence-corrected chi connectivity index (χ3v) is 2.77. The van der Waals surface area contributed by atoms with Crippen LogP contribution in [0.3, 0.4) is 0 Å². The number of benzene rings is 1. The van der Waals surface area contributed by atoms with E-state index in [2.05, 4.69) is 4.74 Å². The van der Waals surface area contributed by atoms with Crippen molar-refractivity contribution in [3.63, 3.8) is 0 Å². The number of ether oxygens (including phenoxy) is 1. The summed E-state index contributed by atoms with van der Waals surface area (Å²) in [5.41, 5.74) is 5.35. The van der Waals surface area contributed by atoms with Gasteiger partial charge in [-0.25, -0.2) is 4.79 Å². The lowest BCUT2D eigenvalue weighted by atomic mass is 10.1. The molecule has 16 heavy (non-hydrogen) atoms. The largest absolute Gasteiger partial charge is 0.444 e. The molecule has 0 bridgehead atoms. The minimum Gasteiger partial charge on any atom is -0.444 e. The molecule has 6 heteroatoms. The van der Waals surface area contributed by atoms with Crippen LogP contribution in [0.15, 0.2) is 18.2 Å². The molecule has 0 saturated heterocycles. The van der Waals surface area contributed by atoms with Crippen LogP contribution in [0.2, 0.25) is 10.0 Å². The molecule has 0 saturated carbocycles. The molecular weight excluding hydrogens is 253 g/mol. The van der Waals surface area contributed by atoms with Crippen LogP contribution >= 0.6 is 23.2 Å². The maximum absolute atomic E-state index is 10.5. The summed E-state index contributed by atoms with van der Waals surface area (Å²) in [7, 11) is 0. The van der Waals surface area contributed by atoms with Crippen molar-refractivity contribution in [1.82, 2.24) is 0 Å². The van der Waals surface area contributed by atoms with E-state index in [4.69, 9.17) is 28.9 Å². The van der Waals surface area contributed by atoms with Crippen LogP contribution in [-0.4, -0.2) is 17.3 Å². The van der Waals surface area contributed by atoms with Crippen molar-refractivity contribution in [3.8, 4) is 0 Å². The van der Waals surface area contributed by atoms with Gasteiger partial charge >= 0.3 is 6.09 Å².